The highest BCUT2D eigenvalue weighted by Crippen LogP contribution is 2.36. The van der Waals surface area contributed by atoms with Crippen molar-refractivity contribution in [3.05, 3.63) is 29.3 Å². The minimum Gasteiger partial charge on any atom is -0.451 e. The van der Waals surface area contributed by atoms with Crippen LogP contribution in [0.1, 0.15) is 11.1 Å². The molecule has 0 aliphatic carbocycles. The highest BCUT2D eigenvalue weighted by Gasteiger charge is 2.39. The van der Waals surface area contributed by atoms with Gasteiger partial charge in [0.2, 0.25) is 0 Å². The first kappa shape index (κ1) is 8.23. The Kier molecular flexibility index (Phi) is 1.62. The summed E-state index contributed by atoms with van der Waals surface area (Å²) in [5.74, 6) is -1.66. The van der Waals surface area contributed by atoms with E-state index < -0.39 is 5.85 Å². The molecule has 13 heavy (non-hydrogen) atoms. The molecule has 0 radical (unpaired) electrons. The summed E-state index contributed by atoms with van der Waals surface area (Å²) in [6.07, 6.45) is 0.241. The Hall–Kier alpha value is -1.38. The van der Waals surface area contributed by atoms with Crippen LogP contribution >= 0.6 is 0 Å². The Balaban J connectivity index is 2.46. The molecule has 1 unspecified atom stereocenters. The largest absolute Gasteiger partial charge is 0.451 e. The fourth-order valence-electron chi connectivity index (χ4n) is 1.52. The van der Waals surface area contributed by atoms with Gasteiger partial charge >= 0.3 is 5.85 Å². The first-order valence-electron chi connectivity index (χ1n) is 4.07. The molecular formula is C10H9FO2. The van der Waals surface area contributed by atoms with Gasteiger partial charge in [0, 0.05) is 5.56 Å². The van der Waals surface area contributed by atoms with Crippen molar-refractivity contribution in [2.75, 3.05) is 0 Å². The van der Waals surface area contributed by atoms with Gasteiger partial charge in [0.25, 0.3) is 0 Å². The number of carbonyl (C=O) groups excluding carboxylic acids is 1. The van der Waals surface area contributed by atoms with Gasteiger partial charge in [0.15, 0.2) is 6.29 Å². The van der Waals surface area contributed by atoms with Crippen molar-refractivity contribution >= 4 is 6.29 Å². The topological polar surface area (TPSA) is 26.3 Å². The van der Waals surface area contributed by atoms with Crippen molar-refractivity contribution in [1.82, 2.24) is 0 Å². The third-order valence-corrected chi connectivity index (χ3v) is 2.24. The lowest BCUT2D eigenvalue weighted by molar-refractivity contribution is -0.134. The van der Waals surface area contributed by atoms with E-state index in [4.69, 9.17) is 4.74 Å². The molecule has 3 heteroatoms. The fourth-order valence-corrected chi connectivity index (χ4v) is 1.52. The van der Waals surface area contributed by atoms with Crippen LogP contribution in [0.5, 0.6) is 5.75 Å². The first-order valence-corrected chi connectivity index (χ1v) is 4.07. The number of benzene rings is 1. The van der Waals surface area contributed by atoms with E-state index in [0.717, 1.165) is 11.1 Å². The zero-order valence-corrected chi connectivity index (χ0v) is 7.21. The van der Waals surface area contributed by atoms with Crippen molar-refractivity contribution in [3.8, 4) is 5.75 Å². The molecule has 0 spiro atoms. The van der Waals surface area contributed by atoms with Gasteiger partial charge in [-0.3, -0.25) is 4.79 Å². The molecule has 68 valence electrons. The minimum absolute atomic E-state index is 0.0263. The second kappa shape index (κ2) is 2.55. The molecule has 1 heterocycles. The van der Waals surface area contributed by atoms with Gasteiger partial charge in [-0.25, -0.2) is 0 Å². The predicted octanol–water partition coefficient (Wildman–Crippen LogP) is 1.79. The maximum absolute atomic E-state index is 13.4. The zero-order chi connectivity index (χ0) is 9.47. The molecule has 1 aromatic rings. The lowest BCUT2D eigenvalue weighted by Crippen LogP contribution is -2.29. The van der Waals surface area contributed by atoms with E-state index in [9.17, 15) is 9.18 Å². The molecule has 0 bridgehead atoms. The number of fused-ring (bicyclic) bond motifs is 1. The van der Waals surface area contributed by atoms with Crippen LogP contribution in [-0.4, -0.2) is 12.1 Å². The Morgan fingerprint density at radius 3 is 3.00 bits per heavy atom. The summed E-state index contributed by atoms with van der Waals surface area (Å²) in [6.45, 7) is 1.87. The Morgan fingerprint density at radius 1 is 1.62 bits per heavy atom. The third-order valence-electron chi connectivity index (χ3n) is 2.24. The first-order chi connectivity index (χ1) is 6.14. The summed E-state index contributed by atoms with van der Waals surface area (Å²) in [6, 6.07) is 5.33. The molecule has 0 saturated carbocycles. The van der Waals surface area contributed by atoms with Crippen molar-refractivity contribution < 1.29 is 13.9 Å². The average Bonchev–Trinajstić information content (AvgIpc) is 2.45. The number of halogens is 1. The van der Waals surface area contributed by atoms with Crippen LogP contribution in [-0.2, 0) is 11.2 Å². The van der Waals surface area contributed by atoms with Crippen LogP contribution < -0.4 is 4.74 Å². The van der Waals surface area contributed by atoms with Crippen LogP contribution in [0.25, 0.3) is 0 Å². The second-order valence-electron chi connectivity index (χ2n) is 3.23. The molecule has 1 atom stereocenters. The quantitative estimate of drug-likeness (QED) is 0.616. The van der Waals surface area contributed by atoms with Gasteiger partial charge in [-0.1, -0.05) is 12.1 Å². The zero-order valence-electron chi connectivity index (χ0n) is 7.21. The molecule has 1 aliphatic heterocycles. The van der Waals surface area contributed by atoms with E-state index in [1.807, 2.05) is 13.0 Å². The second-order valence-corrected chi connectivity index (χ2v) is 3.23. The molecule has 1 aromatic carbocycles. The molecule has 1 aliphatic rings. The molecule has 0 saturated heterocycles. The number of carbonyl (C=O) groups is 1. The molecular weight excluding hydrogens is 171 g/mol. The van der Waals surface area contributed by atoms with E-state index in [-0.39, 0.29) is 12.7 Å². The summed E-state index contributed by atoms with van der Waals surface area (Å²) in [7, 11) is 0. The number of rotatable bonds is 1. The van der Waals surface area contributed by atoms with Gasteiger partial charge in [-0.15, -0.1) is 0 Å². The van der Waals surface area contributed by atoms with Crippen LogP contribution in [0, 0.1) is 6.92 Å². The number of hydrogen-bond donors (Lipinski definition) is 0. The lowest BCUT2D eigenvalue weighted by atomic mass is 10.0. The molecule has 0 amide bonds. The highest BCUT2D eigenvalue weighted by molar-refractivity contribution is 5.65. The Bertz CT molecular complexity index is 362. The number of ether oxygens (including phenoxy) is 1. The van der Waals surface area contributed by atoms with Gasteiger partial charge in [-0.2, -0.15) is 4.39 Å². The van der Waals surface area contributed by atoms with E-state index in [1.54, 1.807) is 12.1 Å². The standard InChI is InChI=1S/C10H9FO2/c1-7-3-2-4-9-8(7)5-10(11,6-12)13-9/h2-4,6H,5H2,1H3. The number of alkyl halides is 1. The van der Waals surface area contributed by atoms with Crippen molar-refractivity contribution in [2.45, 2.75) is 19.2 Å². The highest BCUT2D eigenvalue weighted by atomic mass is 19.2. The predicted molar refractivity (Wildman–Crippen MR) is 45.4 cm³/mol. The fraction of sp³-hybridized carbons (Fsp3) is 0.300. The molecule has 0 fully saturated rings. The van der Waals surface area contributed by atoms with Crippen molar-refractivity contribution in [3.63, 3.8) is 0 Å². The summed E-state index contributed by atoms with van der Waals surface area (Å²) >= 11 is 0. The third kappa shape index (κ3) is 1.20. The van der Waals surface area contributed by atoms with Gasteiger partial charge in [0.05, 0.1) is 6.42 Å². The van der Waals surface area contributed by atoms with E-state index >= 15 is 0 Å². The SMILES string of the molecule is Cc1cccc2c1CC(F)(C=O)O2. The van der Waals surface area contributed by atoms with Gasteiger partial charge < -0.3 is 4.74 Å². The van der Waals surface area contributed by atoms with Gasteiger partial charge in [-0.05, 0) is 18.6 Å². The molecule has 0 N–H and O–H groups in total. The number of aryl methyl sites for hydroxylation is 1. The maximum Gasteiger partial charge on any atom is 0.307 e. The van der Waals surface area contributed by atoms with E-state index in [2.05, 4.69) is 0 Å². The van der Waals surface area contributed by atoms with Crippen molar-refractivity contribution in [1.29, 1.82) is 0 Å². The minimum atomic E-state index is -2.14. The monoisotopic (exact) mass is 180 g/mol. The Labute approximate surface area is 75.3 Å². The summed E-state index contributed by atoms with van der Waals surface area (Å²) in [5, 5.41) is 0. The van der Waals surface area contributed by atoms with Crippen LogP contribution in [0.2, 0.25) is 0 Å². The smallest absolute Gasteiger partial charge is 0.307 e. The van der Waals surface area contributed by atoms with E-state index in [1.165, 1.54) is 0 Å². The summed E-state index contributed by atoms with van der Waals surface area (Å²) in [4.78, 5) is 10.4. The summed E-state index contributed by atoms with van der Waals surface area (Å²) < 4.78 is 18.3. The number of hydrogen-bond acceptors (Lipinski definition) is 2. The number of aldehydes is 1. The Morgan fingerprint density at radius 2 is 2.38 bits per heavy atom. The van der Waals surface area contributed by atoms with E-state index in [0.29, 0.717) is 5.75 Å². The molecule has 0 aromatic heterocycles. The maximum atomic E-state index is 13.4. The molecule has 2 rings (SSSR count). The van der Waals surface area contributed by atoms with Crippen LogP contribution in [0.4, 0.5) is 4.39 Å². The average molecular weight is 180 g/mol. The normalized spacial score (nSPS) is 25.1. The van der Waals surface area contributed by atoms with Crippen LogP contribution in [0.3, 0.4) is 0 Å². The van der Waals surface area contributed by atoms with Gasteiger partial charge in [0.1, 0.15) is 5.75 Å². The molecule has 2 nitrogen and oxygen atoms in total. The van der Waals surface area contributed by atoms with Crippen molar-refractivity contribution in [2.24, 2.45) is 0 Å². The van der Waals surface area contributed by atoms with Crippen LogP contribution in [0.15, 0.2) is 18.2 Å². The lowest BCUT2D eigenvalue weighted by Gasteiger charge is -2.09. The summed E-state index contributed by atoms with van der Waals surface area (Å²) in [5.41, 5.74) is 1.75.